The van der Waals surface area contributed by atoms with E-state index in [-0.39, 0.29) is 4.58 Å². The second kappa shape index (κ2) is 11.4. The first kappa shape index (κ1) is 23.6. The molecule has 4 atom stereocenters. The molecule has 1 rings (SSSR count). The molecule has 1 aliphatic heterocycles. The van der Waals surface area contributed by atoms with Crippen molar-refractivity contribution in [1.82, 2.24) is 0 Å². The number of ether oxygens (including phenoxy) is 4. The fourth-order valence-corrected chi connectivity index (χ4v) is 5.51. The first-order valence-corrected chi connectivity index (χ1v) is 10.3. The van der Waals surface area contributed by atoms with Crippen molar-refractivity contribution in [2.24, 2.45) is 0 Å². The quantitative estimate of drug-likeness (QED) is 0.411. The number of esters is 4. The van der Waals surface area contributed by atoms with Gasteiger partial charge in [0.05, 0.1) is 11.2 Å². The van der Waals surface area contributed by atoms with Gasteiger partial charge < -0.3 is 24.1 Å². The zero-order valence-electron chi connectivity index (χ0n) is 15.5. The van der Waals surface area contributed by atoms with Crippen molar-refractivity contribution in [1.29, 1.82) is 0 Å². The lowest BCUT2D eigenvalue weighted by Crippen LogP contribution is -2.54. The third-order valence-electron chi connectivity index (χ3n) is 3.33. The smallest absolute Gasteiger partial charge is 0.303 e. The second-order valence-corrected chi connectivity index (χ2v) is 8.46. The molecule has 1 aliphatic rings. The zero-order valence-corrected chi connectivity index (χ0v) is 17.2. The average molecular weight is 424 g/mol. The van der Waals surface area contributed by atoms with Gasteiger partial charge in [0, 0.05) is 39.2 Å². The van der Waals surface area contributed by atoms with Crippen LogP contribution in [0, 0.1) is 0 Å². The monoisotopic (exact) mass is 424 g/mol. The van der Waals surface area contributed by atoms with Crippen LogP contribution in [0.15, 0.2) is 0 Å². The Morgan fingerprint density at radius 2 is 1.26 bits per heavy atom. The fraction of sp³-hybridized carbons (Fsp3) is 0.750. The maximum Gasteiger partial charge on any atom is 0.303 e. The lowest BCUT2D eigenvalue weighted by atomic mass is 10.0. The van der Waals surface area contributed by atoms with E-state index in [0.717, 1.165) is 32.3 Å². The van der Waals surface area contributed by atoms with E-state index in [4.69, 9.17) is 18.9 Å². The van der Waals surface area contributed by atoms with Gasteiger partial charge in [-0.1, -0.05) is 0 Å². The van der Waals surface area contributed by atoms with Crippen LogP contribution in [0.3, 0.4) is 0 Å². The van der Waals surface area contributed by atoms with Crippen LogP contribution in [-0.4, -0.2) is 76.1 Å². The first-order chi connectivity index (χ1) is 12.6. The minimum absolute atomic E-state index is 0.284. The predicted molar refractivity (Wildman–Crippen MR) is 98.0 cm³/mol. The van der Waals surface area contributed by atoms with Crippen molar-refractivity contribution >= 4 is 47.4 Å². The summed E-state index contributed by atoms with van der Waals surface area (Å²) in [7, 11) is 0. The second-order valence-electron chi connectivity index (χ2n) is 5.66. The number of thioether (sulfide) groups is 2. The fourth-order valence-electron chi connectivity index (χ4n) is 2.52. The average Bonchev–Trinajstić information content (AvgIpc) is 3.07. The molecule has 1 fully saturated rings. The van der Waals surface area contributed by atoms with Crippen molar-refractivity contribution in [3.8, 4) is 0 Å². The topological polar surface area (TPSA) is 125 Å². The zero-order chi connectivity index (χ0) is 20.6. The van der Waals surface area contributed by atoms with E-state index in [2.05, 4.69) is 0 Å². The summed E-state index contributed by atoms with van der Waals surface area (Å²) in [5.74, 6) is -1.18. The van der Waals surface area contributed by atoms with E-state index in [1.165, 1.54) is 30.4 Å². The summed E-state index contributed by atoms with van der Waals surface area (Å²) in [6, 6.07) is 0. The summed E-state index contributed by atoms with van der Waals surface area (Å²) in [5, 5.41) is 9.64. The van der Waals surface area contributed by atoms with Gasteiger partial charge >= 0.3 is 23.9 Å². The highest BCUT2D eigenvalue weighted by Gasteiger charge is 2.47. The Labute approximate surface area is 165 Å². The molecule has 0 amide bonds. The van der Waals surface area contributed by atoms with Crippen LogP contribution < -0.4 is 0 Å². The Hall–Kier alpha value is -1.46. The van der Waals surface area contributed by atoms with Gasteiger partial charge in [0.25, 0.3) is 0 Å². The minimum Gasteiger partial charge on any atom is -0.456 e. The third kappa shape index (κ3) is 7.97. The van der Waals surface area contributed by atoms with Crippen molar-refractivity contribution in [3.05, 3.63) is 0 Å². The van der Waals surface area contributed by atoms with Gasteiger partial charge in [-0.15, -0.1) is 23.5 Å². The van der Waals surface area contributed by atoms with Crippen LogP contribution >= 0.6 is 23.5 Å². The Balaban J connectivity index is 3.30. The molecule has 9 nitrogen and oxygen atoms in total. The number of aliphatic hydroxyl groups is 1. The van der Waals surface area contributed by atoms with E-state index in [9.17, 15) is 24.3 Å². The molecule has 0 spiro atoms. The molecule has 0 aliphatic carbocycles. The van der Waals surface area contributed by atoms with E-state index in [1.807, 2.05) is 0 Å². The molecule has 0 aromatic carbocycles. The van der Waals surface area contributed by atoms with Gasteiger partial charge in [0.2, 0.25) is 0 Å². The first-order valence-electron chi connectivity index (χ1n) is 8.18. The van der Waals surface area contributed by atoms with Crippen LogP contribution in [0.5, 0.6) is 0 Å². The van der Waals surface area contributed by atoms with Crippen LogP contribution in [0.2, 0.25) is 0 Å². The Morgan fingerprint density at radius 1 is 0.815 bits per heavy atom. The summed E-state index contributed by atoms with van der Waals surface area (Å²) in [6.07, 6.45) is -4.90. The highest BCUT2D eigenvalue weighted by molar-refractivity contribution is 8.20. The van der Waals surface area contributed by atoms with Gasteiger partial charge in [-0.2, -0.15) is 0 Å². The van der Waals surface area contributed by atoms with Gasteiger partial charge in [0.15, 0.2) is 24.4 Å². The molecule has 0 radical (unpaired) electrons. The molecule has 1 saturated heterocycles. The Morgan fingerprint density at radius 3 is 1.67 bits per heavy atom. The van der Waals surface area contributed by atoms with Crippen LogP contribution in [-0.2, 0) is 38.1 Å². The molecule has 1 N–H and O–H groups in total. The largest absolute Gasteiger partial charge is 0.456 e. The van der Waals surface area contributed by atoms with E-state index in [0.29, 0.717) is 0 Å². The van der Waals surface area contributed by atoms with Gasteiger partial charge in [-0.05, 0) is 0 Å². The van der Waals surface area contributed by atoms with Crippen molar-refractivity contribution in [2.75, 3.05) is 18.1 Å². The molecule has 0 aromatic rings. The van der Waals surface area contributed by atoms with Crippen molar-refractivity contribution in [3.63, 3.8) is 0 Å². The molecule has 154 valence electrons. The molecule has 0 bridgehead atoms. The molecule has 1 heterocycles. The summed E-state index contributed by atoms with van der Waals surface area (Å²) in [6.45, 7) is 3.92. The SMILES string of the molecule is CC(=O)O[C@H]([C@H](OC(C)=O)[C@@H](OC(C)=O)C1SCCS1)[C@@H](CO)OC(C)=O. The highest BCUT2D eigenvalue weighted by Crippen LogP contribution is 2.38. The molecule has 27 heavy (non-hydrogen) atoms. The minimum atomic E-state index is -1.36. The number of carbonyl (C=O) groups is 4. The third-order valence-corrected chi connectivity index (χ3v) is 6.48. The molecule has 0 saturated carbocycles. The Bertz CT molecular complexity index is 548. The highest BCUT2D eigenvalue weighted by atomic mass is 32.2. The molecular formula is C16H24O9S2. The number of aliphatic hydroxyl groups excluding tert-OH is 1. The standard InChI is InChI=1S/C16H24O9S2/c1-8(18)22-12(7-17)13(23-9(2)19)14(24-10(3)20)15(25-11(4)21)16-26-5-6-27-16/h12-17H,5-7H2,1-4H3/t12-,13+,14+,15-/m1/s1. The van der Waals surface area contributed by atoms with Crippen LogP contribution in [0.1, 0.15) is 27.7 Å². The summed E-state index contributed by atoms with van der Waals surface area (Å²) in [5.41, 5.74) is 0. The van der Waals surface area contributed by atoms with Crippen LogP contribution in [0.25, 0.3) is 0 Å². The molecular weight excluding hydrogens is 400 g/mol. The normalized spacial score (nSPS) is 18.7. The van der Waals surface area contributed by atoms with Crippen LogP contribution in [0.4, 0.5) is 0 Å². The number of hydrogen-bond acceptors (Lipinski definition) is 11. The van der Waals surface area contributed by atoms with E-state index in [1.54, 1.807) is 0 Å². The van der Waals surface area contributed by atoms with Gasteiger partial charge in [-0.3, -0.25) is 19.2 Å². The Kier molecular flexibility index (Phi) is 9.95. The summed E-state index contributed by atoms with van der Waals surface area (Å²) >= 11 is 3.00. The maximum atomic E-state index is 11.7. The van der Waals surface area contributed by atoms with E-state index < -0.39 is 54.9 Å². The summed E-state index contributed by atoms with van der Waals surface area (Å²) in [4.78, 5) is 46.3. The van der Waals surface area contributed by atoms with Gasteiger partial charge in [-0.25, -0.2) is 0 Å². The van der Waals surface area contributed by atoms with Gasteiger partial charge in [0.1, 0.15) is 0 Å². The predicted octanol–water partition coefficient (Wildman–Crippen LogP) is 0.512. The van der Waals surface area contributed by atoms with Crippen molar-refractivity contribution < 1.29 is 43.2 Å². The number of rotatable bonds is 9. The summed E-state index contributed by atoms with van der Waals surface area (Å²) < 4.78 is 20.7. The van der Waals surface area contributed by atoms with Crippen molar-refractivity contribution in [2.45, 2.75) is 56.7 Å². The van der Waals surface area contributed by atoms with E-state index >= 15 is 0 Å². The maximum absolute atomic E-state index is 11.7. The number of hydrogen-bond donors (Lipinski definition) is 1. The lowest BCUT2D eigenvalue weighted by molar-refractivity contribution is -0.199. The number of carbonyl (C=O) groups excluding carboxylic acids is 4. The lowest BCUT2D eigenvalue weighted by Gasteiger charge is -2.36. The molecule has 0 unspecified atom stereocenters. The molecule has 11 heteroatoms. The molecule has 0 aromatic heterocycles.